The summed E-state index contributed by atoms with van der Waals surface area (Å²) in [5.74, 6) is -2.47. The maximum Gasteiger partial charge on any atom is 0.379 e. The molecule has 0 aliphatic rings. The average molecular weight is 415 g/mol. The molecule has 0 heterocycles. The van der Waals surface area contributed by atoms with Crippen LogP contribution in [0.4, 0.5) is 0 Å². The molecule has 0 aliphatic carbocycles. The first-order valence-corrected chi connectivity index (χ1v) is 8.71. The van der Waals surface area contributed by atoms with Gasteiger partial charge in [-0.15, -0.1) is 0 Å². The van der Waals surface area contributed by atoms with Crippen molar-refractivity contribution in [3.63, 3.8) is 0 Å². The molecule has 168 valence electrons. The monoisotopic (exact) mass is 415 g/mol. The highest BCUT2D eigenvalue weighted by Gasteiger charge is 2.28. The van der Waals surface area contributed by atoms with Crippen molar-refractivity contribution in [1.82, 2.24) is 10.6 Å². The Hall–Kier alpha value is -1.90. The summed E-state index contributed by atoms with van der Waals surface area (Å²) in [6.07, 6.45) is 0.261. The smallest absolute Gasteiger partial charge is 0.379 e. The number of carbonyl (C=O) groups is 2. The lowest BCUT2D eigenvalue weighted by molar-refractivity contribution is -0.511. The Morgan fingerprint density at radius 1 is 0.821 bits per heavy atom. The minimum absolute atomic E-state index is 0.0932. The minimum Gasteiger partial charge on any atom is -0.481 e. The number of hydrogen-bond acceptors (Lipinski definition) is 10. The lowest BCUT2D eigenvalue weighted by atomic mass is 10.1. The van der Waals surface area contributed by atoms with Gasteiger partial charge in [0.25, 0.3) is 0 Å². The number of rotatable bonds is 15. The highest BCUT2D eigenvalue weighted by atomic mass is 16.6. The zero-order chi connectivity index (χ0) is 22.2. The quantitative estimate of drug-likeness (QED) is 0.0788. The van der Waals surface area contributed by atoms with Gasteiger partial charge in [0.2, 0.25) is 0 Å². The first-order valence-electron chi connectivity index (χ1n) is 8.71. The van der Waals surface area contributed by atoms with Crippen LogP contribution in [0.5, 0.6) is 0 Å². The fourth-order valence-corrected chi connectivity index (χ4v) is 1.50. The highest BCUT2D eigenvalue weighted by molar-refractivity contribution is 5.71. The average Bonchev–Trinajstić information content (AvgIpc) is 2.62. The van der Waals surface area contributed by atoms with Crippen molar-refractivity contribution >= 4 is 11.9 Å². The molecule has 13 heteroatoms. The minimum atomic E-state index is -1.62. The molecule has 1 atom stereocenters. The van der Waals surface area contributed by atoms with E-state index in [0.717, 1.165) is 0 Å². The molecular weight excluding hydrogens is 382 g/mol. The maximum atomic E-state index is 10.3. The molecule has 28 heavy (non-hydrogen) atoms. The normalized spacial score (nSPS) is 10.7. The molecule has 0 amide bonds. The van der Waals surface area contributed by atoms with Gasteiger partial charge in [0.15, 0.2) is 0 Å². The van der Waals surface area contributed by atoms with E-state index in [2.05, 4.69) is 10.6 Å². The predicted molar refractivity (Wildman–Crippen MR) is 98.6 cm³/mol. The van der Waals surface area contributed by atoms with Crippen molar-refractivity contribution in [2.45, 2.75) is 31.7 Å². The van der Waals surface area contributed by atoms with Crippen LogP contribution in [0.15, 0.2) is 0 Å². The van der Waals surface area contributed by atoms with E-state index in [1.165, 1.54) is 0 Å². The van der Waals surface area contributed by atoms with E-state index < -0.39 is 22.9 Å². The topological polar surface area (TPSA) is 223 Å². The summed E-state index contributed by atoms with van der Waals surface area (Å²) in [7, 11) is 0. The maximum absolute atomic E-state index is 10.3. The van der Waals surface area contributed by atoms with Crippen LogP contribution in [0.1, 0.15) is 25.7 Å². The number of nitrogens with one attached hydrogen (secondary N) is 2. The third kappa shape index (κ3) is 28.9. The molecule has 0 saturated carbocycles. The van der Waals surface area contributed by atoms with Gasteiger partial charge in [-0.2, -0.15) is 0 Å². The van der Waals surface area contributed by atoms with Gasteiger partial charge in [0, 0.05) is 43.9 Å². The molecule has 8 N–H and O–H groups in total. The van der Waals surface area contributed by atoms with E-state index in [1.54, 1.807) is 0 Å². The zero-order valence-corrected chi connectivity index (χ0v) is 15.8. The molecular formula is C15H33N3O10. The van der Waals surface area contributed by atoms with E-state index in [1.807, 2.05) is 0 Å². The molecule has 0 aliphatic heterocycles. The molecule has 0 aromatic rings. The summed E-state index contributed by atoms with van der Waals surface area (Å²) in [5.41, 5.74) is 0. The highest BCUT2D eigenvalue weighted by Crippen LogP contribution is 2.06. The van der Waals surface area contributed by atoms with Gasteiger partial charge in [-0.25, -0.2) is 4.79 Å². The van der Waals surface area contributed by atoms with Crippen LogP contribution in [0, 0.1) is 10.1 Å². The molecule has 0 aromatic heterocycles. The van der Waals surface area contributed by atoms with Crippen molar-refractivity contribution in [3.8, 4) is 0 Å². The van der Waals surface area contributed by atoms with Gasteiger partial charge in [-0.05, 0) is 12.8 Å². The number of aliphatic hydroxyl groups is 4. The van der Waals surface area contributed by atoms with Crippen LogP contribution >= 0.6 is 0 Å². The van der Waals surface area contributed by atoms with Crippen LogP contribution in [0.2, 0.25) is 0 Å². The standard InChI is InChI=1S/C7H11NO6.2C4H11NO2/c9-6(10)4-2-1-3-5(7(11)12)8(13)14;2*6-3-1-5-2-4-7/h5H,1-4H2,(H,9,10)(H,11,12);2*5-7H,1-4H2. The summed E-state index contributed by atoms with van der Waals surface area (Å²) in [6.45, 7) is 2.84. The number of aliphatic carboxylic acids is 2. The van der Waals surface area contributed by atoms with Gasteiger partial charge >= 0.3 is 18.0 Å². The SMILES string of the molecule is O=C(O)CCCCC(C(=O)O)[N+](=O)[O-].OCCNCCO.OCCNCCO. The van der Waals surface area contributed by atoms with Crippen molar-refractivity contribution < 1.29 is 45.2 Å². The van der Waals surface area contributed by atoms with Gasteiger partial charge in [-0.3, -0.25) is 14.9 Å². The number of hydrogen-bond donors (Lipinski definition) is 8. The van der Waals surface area contributed by atoms with Crippen LogP contribution < -0.4 is 10.6 Å². The summed E-state index contributed by atoms with van der Waals surface area (Å²) >= 11 is 0. The largest absolute Gasteiger partial charge is 0.481 e. The van der Waals surface area contributed by atoms with E-state index in [0.29, 0.717) is 26.2 Å². The van der Waals surface area contributed by atoms with Gasteiger partial charge in [-0.1, -0.05) is 0 Å². The summed E-state index contributed by atoms with van der Waals surface area (Å²) in [6, 6.07) is -1.62. The molecule has 0 saturated heterocycles. The van der Waals surface area contributed by atoms with Crippen LogP contribution in [-0.2, 0) is 9.59 Å². The molecule has 0 rings (SSSR count). The zero-order valence-electron chi connectivity index (χ0n) is 15.8. The molecule has 13 nitrogen and oxygen atoms in total. The van der Waals surface area contributed by atoms with Crippen molar-refractivity contribution in [2.75, 3.05) is 52.6 Å². The number of nitro groups is 1. The summed E-state index contributed by atoms with van der Waals surface area (Å²) < 4.78 is 0. The predicted octanol–water partition coefficient (Wildman–Crippen LogP) is -2.52. The Balaban J connectivity index is -0.000000375. The number of carboxylic acids is 2. The number of aliphatic hydroxyl groups excluding tert-OH is 4. The Bertz CT molecular complexity index is 353. The third-order valence-corrected chi connectivity index (χ3v) is 2.81. The fourth-order valence-electron chi connectivity index (χ4n) is 1.50. The second-order valence-corrected chi connectivity index (χ2v) is 5.17. The van der Waals surface area contributed by atoms with E-state index in [9.17, 15) is 19.7 Å². The lowest BCUT2D eigenvalue weighted by Crippen LogP contribution is -2.29. The Labute approximate surface area is 163 Å². The van der Waals surface area contributed by atoms with Crippen molar-refractivity contribution in [1.29, 1.82) is 0 Å². The Morgan fingerprint density at radius 3 is 1.46 bits per heavy atom. The molecule has 0 radical (unpaired) electrons. The third-order valence-electron chi connectivity index (χ3n) is 2.81. The van der Waals surface area contributed by atoms with Gasteiger partial charge in [0.1, 0.15) is 0 Å². The van der Waals surface area contributed by atoms with Crippen molar-refractivity contribution in [2.24, 2.45) is 0 Å². The molecule has 0 bridgehead atoms. The van der Waals surface area contributed by atoms with Crippen LogP contribution in [0.25, 0.3) is 0 Å². The lowest BCUT2D eigenvalue weighted by Gasteiger charge is -2.02. The molecule has 0 aromatic carbocycles. The first kappa shape index (κ1) is 30.8. The van der Waals surface area contributed by atoms with Gasteiger partial charge < -0.3 is 41.3 Å². The van der Waals surface area contributed by atoms with E-state index in [4.69, 9.17) is 30.6 Å². The number of carboxylic acid groups (broad SMARTS) is 2. The second kappa shape index (κ2) is 25.1. The fraction of sp³-hybridized carbons (Fsp3) is 0.867. The Morgan fingerprint density at radius 2 is 1.21 bits per heavy atom. The van der Waals surface area contributed by atoms with Gasteiger partial charge in [0.05, 0.1) is 26.4 Å². The second-order valence-electron chi connectivity index (χ2n) is 5.17. The van der Waals surface area contributed by atoms with Crippen LogP contribution in [-0.4, -0.2) is 106 Å². The molecule has 0 fully saturated rings. The first-order chi connectivity index (χ1) is 13.3. The van der Waals surface area contributed by atoms with Crippen molar-refractivity contribution in [3.05, 3.63) is 10.1 Å². The number of unbranched alkanes of at least 4 members (excludes halogenated alkanes) is 1. The summed E-state index contributed by atoms with van der Waals surface area (Å²) in [5, 5.41) is 65.0. The summed E-state index contributed by atoms with van der Waals surface area (Å²) in [4.78, 5) is 29.7. The molecule has 0 spiro atoms. The van der Waals surface area contributed by atoms with E-state index in [-0.39, 0.29) is 52.1 Å². The van der Waals surface area contributed by atoms with E-state index >= 15 is 0 Å². The number of nitrogens with zero attached hydrogens (tertiary/aromatic N) is 1. The van der Waals surface area contributed by atoms with Crippen LogP contribution in [0.3, 0.4) is 0 Å². The Kier molecular flexibility index (Phi) is 27.6. The molecule has 1 unspecified atom stereocenters.